The molecule has 2 aliphatic rings. The van der Waals surface area contributed by atoms with Crippen molar-refractivity contribution in [3.63, 3.8) is 0 Å². The standard InChI is InChI=1S/C20H26BrN5OS/c21-18-15-16-17(28-18)5-3-10-25(19(16)27)9-2-1-8-24-11-13-26(14-12-24)20-22-6-4-7-23-20/h4,6-7,15H,1-3,5,8-14H2. The van der Waals surface area contributed by atoms with Crippen molar-refractivity contribution in [1.29, 1.82) is 0 Å². The molecular weight excluding hydrogens is 438 g/mol. The lowest BCUT2D eigenvalue weighted by Crippen LogP contribution is -2.47. The number of amides is 1. The molecule has 1 amide bonds. The van der Waals surface area contributed by atoms with E-state index in [0.29, 0.717) is 0 Å². The second kappa shape index (κ2) is 9.33. The molecule has 28 heavy (non-hydrogen) atoms. The number of nitrogens with zero attached hydrogens (tertiary/aromatic N) is 5. The number of rotatable bonds is 6. The molecule has 6 nitrogen and oxygen atoms in total. The first-order valence-electron chi connectivity index (χ1n) is 10.0. The van der Waals surface area contributed by atoms with Crippen molar-refractivity contribution >= 4 is 39.1 Å². The predicted octanol–water partition coefficient (Wildman–Crippen LogP) is 3.29. The largest absolute Gasteiger partial charge is 0.339 e. The third-order valence-corrected chi connectivity index (χ3v) is 7.19. The minimum atomic E-state index is 0.214. The summed E-state index contributed by atoms with van der Waals surface area (Å²) < 4.78 is 1.06. The van der Waals surface area contributed by atoms with Crippen LogP contribution in [0.3, 0.4) is 0 Å². The van der Waals surface area contributed by atoms with Gasteiger partial charge in [-0.1, -0.05) is 0 Å². The van der Waals surface area contributed by atoms with Crippen molar-refractivity contribution in [2.24, 2.45) is 0 Å². The van der Waals surface area contributed by atoms with Crippen molar-refractivity contribution in [3.8, 4) is 0 Å². The molecule has 2 aromatic heterocycles. The second-order valence-corrected chi connectivity index (χ2v) is 9.88. The van der Waals surface area contributed by atoms with E-state index in [4.69, 9.17) is 0 Å². The molecule has 0 unspecified atom stereocenters. The number of aryl methyl sites for hydroxylation is 1. The van der Waals surface area contributed by atoms with Gasteiger partial charge in [-0.15, -0.1) is 11.3 Å². The van der Waals surface area contributed by atoms with E-state index in [1.807, 2.05) is 12.1 Å². The van der Waals surface area contributed by atoms with Crippen LogP contribution in [0.5, 0.6) is 0 Å². The Bertz CT molecular complexity index is 791. The maximum Gasteiger partial charge on any atom is 0.255 e. The smallest absolute Gasteiger partial charge is 0.255 e. The first kappa shape index (κ1) is 19.8. The lowest BCUT2D eigenvalue weighted by molar-refractivity contribution is 0.0756. The lowest BCUT2D eigenvalue weighted by Gasteiger charge is -2.34. The molecule has 0 spiro atoms. The van der Waals surface area contributed by atoms with E-state index in [0.717, 1.165) is 86.8 Å². The van der Waals surface area contributed by atoms with E-state index < -0.39 is 0 Å². The zero-order chi connectivity index (χ0) is 19.3. The van der Waals surface area contributed by atoms with E-state index in [1.165, 1.54) is 4.88 Å². The quantitative estimate of drug-likeness (QED) is 0.615. The van der Waals surface area contributed by atoms with Crippen molar-refractivity contribution in [2.45, 2.75) is 25.7 Å². The number of carbonyl (C=O) groups excluding carboxylic acids is 1. The Kier molecular flexibility index (Phi) is 6.59. The highest BCUT2D eigenvalue weighted by Gasteiger charge is 2.24. The molecule has 0 atom stereocenters. The number of fused-ring (bicyclic) bond motifs is 1. The molecule has 0 aliphatic carbocycles. The summed E-state index contributed by atoms with van der Waals surface area (Å²) >= 11 is 5.23. The molecule has 1 saturated heterocycles. The van der Waals surface area contributed by atoms with Gasteiger partial charge in [-0.05, 0) is 60.3 Å². The fourth-order valence-electron chi connectivity index (χ4n) is 3.94. The van der Waals surface area contributed by atoms with Crippen LogP contribution in [0.1, 0.15) is 34.5 Å². The van der Waals surface area contributed by atoms with Gasteiger partial charge < -0.3 is 9.80 Å². The van der Waals surface area contributed by atoms with Gasteiger partial charge in [-0.3, -0.25) is 9.69 Å². The minimum Gasteiger partial charge on any atom is -0.339 e. The molecule has 4 rings (SSSR count). The van der Waals surface area contributed by atoms with Gasteiger partial charge in [0.15, 0.2) is 0 Å². The summed E-state index contributed by atoms with van der Waals surface area (Å²) in [6, 6.07) is 3.85. The zero-order valence-electron chi connectivity index (χ0n) is 16.0. The van der Waals surface area contributed by atoms with Gasteiger partial charge in [0, 0.05) is 56.5 Å². The Balaban J connectivity index is 1.19. The third kappa shape index (κ3) is 4.72. The monoisotopic (exact) mass is 463 g/mol. The fourth-order valence-corrected chi connectivity index (χ4v) is 5.67. The fraction of sp³-hybridized carbons (Fsp3) is 0.550. The van der Waals surface area contributed by atoms with Crippen LogP contribution in [0.4, 0.5) is 5.95 Å². The number of piperazine rings is 1. The molecule has 2 aliphatic heterocycles. The SMILES string of the molecule is O=C1c2cc(Br)sc2CCCN1CCCCN1CCN(c2ncccn2)CC1. The van der Waals surface area contributed by atoms with Crippen LogP contribution in [0.25, 0.3) is 0 Å². The molecular formula is C20H26BrN5OS. The summed E-state index contributed by atoms with van der Waals surface area (Å²) in [5.41, 5.74) is 0.911. The number of halogens is 1. The summed E-state index contributed by atoms with van der Waals surface area (Å²) in [7, 11) is 0. The Labute approximate surface area is 178 Å². The Morgan fingerprint density at radius 1 is 1.04 bits per heavy atom. The highest BCUT2D eigenvalue weighted by molar-refractivity contribution is 9.11. The van der Waals surface area contributed by atoms with Gasteiger partial charge in [0.1, 0.15) is 0 Å². The molecule has 0 N–H and O–H groups in total. The Morgan fingerprint density at radius 2 is 1.79 bits per heavy atom. The molecule has 1 fully saturated rings. The number of aromatic nitrogens is 2. The Hall–Kier alpha value is -1.51. The number of carbonyl (C=O) groups is 1. The second-order valence-electron chi connectivity index (χ2n) is 7.37. The van der Waals surface area contributed by atoms with Crippen LogP contribution < -0.4 is 4.90 Å². The predicted molar refractivity (Wildman–Crippen MR) is 116 cm³/mol. The van der Waals surface area contributed by atoms with Crippen LogP contribution in [0.15, 0.2) is 28.3 Å². The number of hydrogen-bond acceptors (Lipinski definition) is 6. The minimum absolute atomic E-state index is 0.214. The topological polar surface area (TPSA) is 52.6 Å². The first-order valence-corrected chi connectivity index (χ1v) is 11.6. The van der Waals surface area contributed by atoms with E-state index in [1.54, 1.807) is 23.7 Å². The molecule has 0 bridgehead atoms. The van der Waals surface area contributed by atoms with E-state index in [2.05, 4.69) is 40.6 Å². The first-order chi connectivity index (χ1) is 13.7. The number of unbranched alkanes of at least 4 members (excludes halogenated alkanes) is 1. The number of anilines is 1. The summed E-state index contributed by atoms with van der Waals surface area (Å²) in [5.74, 6) is 1.05. The maximum atomic E-state index is 12.8. The van der Waals surface area contributed by atoms with Crippen LogP contribution >= 0.6 is 27.3 Å². The normalized spacial score (nSPS) is 18.2. The highest BCUT2D eigenvalue weighted by Crippen LogP contribution is 2.31. The summed E-state index contributed by atoms with van der Waals surface area (Å²) in [6.07, 6.45) is 7.88. The van der Waals surface area contributed by atoms with Crippen LogP contribution in [-0.2, 0) is 6.42 Å². The average molecular weight is 464 g/mol. The molecule has 0 radical (unpaired) electrons. The summed E-state index contributed by atoms with van der Waals surface area (Å²) in [6.45, 7) is 6.90. The van der Waals surface area contributed by atoms with Crippen molar-refractivity contribution < 1.29 is 4.79 Å². The van der Waals surface area contributed by atoms with Gasteiger partial charge >= 0.3 is 0 Å². The van der Waals surface area contributed by atoms with Gasteiger partial charge in [0.05, 0.1) is 9.35 Å². The van der Waals surface area contributed by atoms with Crippen LogP contribution in [0, 0.1) is 0 Å². The average Bonchev–Trinajstić information content (AvgIpc) is 3.04. The van der Waals surface area contributed by atoms with Gasteiger partial charge in [-0.2, -0.15) is 0 Å². The third-order valence-electron chi connectivity index (χ3n) is 5.49. The molecule has 150 valence electrons. The van der Waals surface area contributed by atoms with E-state index in [-0.39, 0.29) is 5.91 Å². The van der Waals surface area contributed by atoms with Gasteiger partial charge in [0.25, 0.3) is 5.91 Å². The van der Waals surface area contributed by atoms with Crippen LogP contribution in [0.2, 0.25) is 0 Å². The Morgan fingerprint density at radius 3 is 2.57 bits per heavy atom. The van der Waals surface area contributed by atoms with Gasteiger partial charge in [-0.25, -0.2) is 9.97 Å². The molecule has 2 aromatic rings. The van der Waals surface area contributed by atoms with Crippen molar-refractivity contribution in [1.82, 2.24) is 19.8 Å². The molecule has 8 heteroatoms. The zero-order valence-corrected chi connectivity index (χ0v) is 18.4. The lowest BCUT2D eigenvalue weighted by atomic mass is 10.2. The number of hydrogen-bond donors (Lipinski definition) is 0. The molecule has 0 aromatic carbocycles. The molecule has 0 saturated carbocycles. The number of thiophene rings is 1. The van der Waals surface area contributed by atoms with E-state index in [9.17, 15) is 4.79 Å². The summed E-state index contributed by atoms with van der Waals surface area (Å²) in [4.78, 5) is 29.5. The molecule has 4 heterocycles. The van der Waals surface area contributed by atoms with Crippen molar-refractivity contribution in [3.05, 3.63) is 38.8 Å². The van der Waals surface area contributed by atoms with Crippen molar-refractivity contribution in [2.75, 3.05) is 50.7 Å². The highest BCUT2D eigenvalue weighted by atomic mass is 79.9. The maximum absolute atomic E-state index is 12.8. The van der Waals surface area contributed by atoms with Crippen LogP contribution in [-0.4, -0.2) is 71.5 Å². The van der Waals surface area contributed by atoms with E-state index >= 15 is 0 Å². The van der Waals surface area contributed by atoms with Gasteiger partial charge in [0.2, 0.25) is 5.95 Å². The summed E-state index contributed by atoms with van der Waals surface area (Å²) in [5, 5.41) is 0.